The van der Waals surface area contributed by atoms with Crippen LogP contribution in [0.25, 0.3) is 0 Å². The number of amides is 2. The summed E-state index contributed by atoms with van der Waals surface area (Å²) < 4.78 is 0. The second-order valence-corrected chi connectivity index (χ2v) is 6.59. The molecule has 0 atom stereocenters. The molecular weight excluding hydrogens is 284 g/mol. The van der Waals surface area contributed by atoms with E-state index < -0.39 is 0 Å². The van der Waals surface area contributed by atoms with Crippen LogP contribution in [0, 0.1) is 6.92 Å². The third kappa shape index (κ3) is 5.44. The molecule has 0 spiro atoms. The molecule has 0 aromatic heterocycles. The Balaban J connectivity index is 1.76. The van der Waals surface area contributed by atoms with Crippen LogP contribution >= 0.6 is 0 Å². The summed E-state index contributed by atoms with van der Waals surface area (Å²) in [5, 5.41) is 5.89. The lowest BCUT2D eigenvalue weighted by Gasteiger charge is -2.26. The van der Waals surface area contributed by atoms with Crippen molar-refractivity contribution >= 4 is 6.03 Å². The first-order chi connectivity index (χ1) is 11.0. The number of carbonyl (C=O) groups is 1. The molecule has 122 valence electrons. The van der Waals surface area contributed by atoms with E-state index in [1.807, 2.05) is 18.2 Å². The maximum atomic E-state index is 11.9. The maximum Gasteiger partial charge on any atom is 0.314 e. The first-order valence-electron chi connectivity index (χ1n) is 8.10. The molecule has 2 aromatic rings. The van der Waals surface area contributed by atoms with Crippen LogP contribution < -0.4 is 10.6 Å². The molecule has 0 fully saturated rings. The van der Waals surface area contributed by atoms with Gasteiger partial charge in [-0.3, -0.25) is 0 Å². The van der Waals surface area contributed by atoms with Gasteiger partial charge in [0.1, 0.15) is 0 Å². The summed E-state index contributed by atoms with van der Waals surface area (Å²) in [7, 11) is 0. The van der Waals surface area contributed by atoms with E-state index in [1.54, 1.807) is 0 Å². The average Bonchev–Trinajstić information content (AvgIpc) is 2.54. The molecule has 0 saturated heterocycles. The maximum absolute atomic E-state index is 11.9. The lowest BCUT2D eigenvalue weighted by molar-refractivity contribution is 0.238. The van der Waals surface area contributed by atoms with E-state index in [0.29, 0.717) is 13.1 Å². The van der Waals surface area contributed by atoms with E-state index >= 15 is 0 Å². The minimum atomic E-state index is -0.110. The standard InChI is InChI=1S/C20H26N2O/c1-16-9-11-18(12-10-16)20(2,3)15-22-19(23)21-14-13-17-7-5-4-6-8-17/h4-12H,13-15H2,1-3H3,(H2,21,22,23). The van der Waals surface area contributed by atoms with Gasteiger partial charge in [-0.1, -0.05) is 74.0 Å². The normalized spacial score (nSPS) is 11.1. The molecule has 0 heterocycles. The van der Waals surface area contributed by atoms with Gasteiger partial charge in [-0.2, -0.15) is 0 Å². The Hall–Kier alpha value is -2.29. The van der Waals surface area contributed by atoms with Gasteiger partial charge in [0.15, 0.2) is 0 Å². The fourth-order valence-corrected chi connectivity index (χ4v) is 2.44. The molecule has 0 bridgehead atoms. The lowest BCUT2D eigenvalue weighted by Crippen LogP contribution is -2.42. The Morgan fingerprint density at radius 1 is 0.957 bits per heavy atom. The van der Waals surface area contributed by atoms with Crippen molar-refractivity contribution in [3.8, 4) is 0 Å². The fourth-order valence-electron chi connectivity index (χ4n) is 2.44. The van der Waals surface area contributed by atoms with Crippen molar-refractivity contribution in [2.75, 3.05) is 13.1 Å². The molecule has 3 nitrogen and oxygen atoms in total. The highest BCUT2D eigenvalue weighted by molar-refractivity contribution is 5.73. The van der Waals surface area contributed by atoms with E-state index in [2.05, 4.69) is 67.8 Å². The van der Waals surface area contributed by atoms with Crippen LogP contribution in [0.1, 0.15) is 30.5 Å². The van der Waals surface area contributed by atoms with Gasteiger partial charge in [0, 0.05) is 18.5 Å². The topological polar surface area (TPSA) is 41.1 Å². The summed E-state index contributed by atoms with van der Waals surface area (Å²) in [5.41, 5.74) is 3.61. The van der Waals surface area contributed by atoms with Gasteiger partial charge >= 0.3 is 6.03 Å². The number of benzene rings is 2. The van der Waals surface area contributed by atoms with Crippen LogP contribution in [0.4, 0.5) is 4.79 Å². The average molecular weight is 310 g/mol. The molecule has 0 radical (unpaired) electrons. The van der Waals surface area contributed by atoms with Crippen molar-refractivity contribution in [3.63, 3.8) is 0 Å². The van der Waals surface area contributed by atoms with Crippen LogP contribution in [0.3, 0.4) is 0 Å². The van der Waals surface area contributed by atoms with Crippen molar-refractivity contribution in [1.29, 1.82) is 0 Å². The molecule has 0 aliphatic rings. The van der Waals surface area contributed by atoms with Crippen LogP contribution in [0.2, 0.25) is 0 Å². The number of hydrogen-bond donors (Lipinski definition) is 2. The van der Waals surface area contributed by atoms with Gasteiger partial charge in [0.05, 0.1) is 0 Å². The van der Waals surface area contributed by atoms with Crippen molar-refractivity contribution in [2.24, 2.45) is 0 Å². The zero-order valence-corrected chi connectivity index (χ0v) is 14.2. The Morgan fingerprint density at radius 3 is 2.26 bits per heavy atom. The highest BCUT2D eigenvalue weighted by Crippen LogP contribution is 2.22. The number of aryl methyl sites for hydroxylation is 1. The van der Waals surface area contributed by atoms with E-state index in [0.717, 1.165) is 6.42 Å². The monoisotopic (exact) mass is 310 g/mol. The first-order valence-corrected chi connectivity index (χ1v) is 8.10. The smallest absolute Gasteiger partial charge is 0.314 e. The number of urea groups is 1. The molecule has 2 amide bonds. The molecule has 0 aliphatic heterocycles. The minimum absolute atomic E-state index is 0.0928. The summed E-state index contributed by atoms with van der Waals surface area (Å²) >= 11 is 0. The van der Waals surface area contributed by atoms with Gasteiger partial charge < -0.3 is 10.6 Å². The van der Waals surface area contributed by atoms with Gasteiger partial charge in [-0.05, 0) is 24.5 Å². The van der Waals surface area contributed by atoms with Crippen LogP contribution in [-0.2, 0) is 11.8 Å². The van der Waals surface area contributed by atoms with Crippen LogP contribution in [0.5, 0.6) is 0 Å². The van der Waals surface area contributed by atoms with Gasteiger partial charge in [-0.25, -0.2) is 4.79 Å². The second-order valence-electron chi connectivity index (χ2n) is 6.59. The second kappa shape index (κ2) is 7.82. The predicted molar refractivity (Wildman–Crippen MR) is 95.8 cm³/mol. The zero-order chi connectivity index (χ0) is 16.7. The van der Waals surface area contributed by atoms with E-state index in [9.17, 15) is 4.79 Å². The number of hydrogen-bond acceptors (Lipinski definition) is 1. The third-order valence-corrected chi connectivity index (χ3v) is 4.07. The lowest BCUT2D eigenvalue weighted by atomic mass is 9.84. The number of rotatable bonds is 6. The van der Waals surface area contributed by atoms with Crippen LogP contribution in [-0.4, -0.2) is 19.1 Å². The molecule has 2 rings (SSSR count). The Kier molecular flexibility index (Phi) is 5.80. The van der Waals surface area contributed by atoms with E-state index in [4.69, 9.17) is 0 Å². The SMILES string of the molecule is Cc1ccc(C(C)(C)CNC(=O)NCCc2ccccc2)cc1. The zero-order valence-electron chi connectivity index (χ0n) is 14.2. The molecule has 0 aliphatic carbocycles. The van der Waals surface area contributed by atoms with E-state index in [1.165, 1.54) is 16.7 Å². The van der Waals surface area contributed by atoms with Crippen molar-refractivity contribution in [1.82, 2.24) is 10.6 Å². The van der Waals surface area contributed by atoms with Gasteiger partial charge in [-0.15, -0.1) is 0 Å². The molecule has 3 heteroatoms. The fraction of sp³-hybridized carbons (Fsp3) is 0.350. The highest BCUT2D eigenvalue weighted by Gasteiger charge is 2.21. The molecule has 0 unspecified atom stereocenters. The van der Waals surface area contributed by atoms with Crippen molar-refractivity contribution in [3.05, 3.63) is 71.3 Å². The Labute approximate surface area is 139 Å². The number of nitrogens with one attached hydrogen (secondary N) is 2. The summed E-state index contributed by atoms with van der Waals surface area (Å²) in [6, 6.07) is 18.5. The predicted octanol–water partition coefficient (Wildman–Crippen LogP) is 3.81. The summed E-state index contributed by atoms with van der Waals surface area (Å²) in [4.78, 5) is 11.9. The molecule has 23 heavy (non-hydrogen) atoms. The summed E-state index contributed by atoms with van der Waals surface area (Å²) in [5.74, 6) is 0. The largest absolute Gasteiger partial charge is 0.338 e. The summed E-state index contributed by atoms with van der Waals surface area (Å²) in [6.45, 7) is 7.60. The Bertz CT molecular complexity index is 618. The molecular formula is C20H26N2O. The van der Waals surface area contributed by atoms with Crippen LogP contribution in [0.15, 0.2) is 54.6 Å². The molecule has 2 N–H and O–H groups in total. The van der Waals surface area contributed by atoms with Gasteiger partial charge in [0.2, 0.25) is 0 Å². The van der Waals surface area contributed by atoms with Crippen molar-refractivity contribution < 1.29 is 4.79 Å². The van der Waals surface area contributed by atoms with E-state index in [-0.39, 0.29) is 11.4 Å². The third-order valence-electron chi connectivity index (χ3n) is 4.07. The minimum Gasteiger partial charge on any atom is -0.338 e. The Morgan fingerprint density at radius 2 is 1.61 bits per heavy atom. The quantitative estimate of drug-likeness (QED) is 0.837. The number of carbonyl (C=O) groups excluding carboxylic acids is 1. The van der Waals surface area contributed by atoms with Crippen molar-refractivity contribution in [2.45, 2.75) is 32.6 Å². The summed E-state index contributed by atoms with van der Waals surface area (Å²) in [6.07, 6.45) is 0.843. The first kappa shape index (κ1) is 17.1. The molecule has 0 saturated carbocycles. The molecule has 2 aromatic carbocycles. The highest BCUT2D eigenvalue weighted by atomic mass is 16.2. The van der Waals surface area contributed by atoms with Gasteiger partial charge in [0.25, 0.3) is 0 Å².